The third-order valence-corrected chi connectivity index (χ3v) is 8.96. The van der Waals surface area contributed by atoms with Gasteiger partial charge in [0.2, 0.25) is 0 Å². The summed E-state index contributed by atoms with van der Waals surface area (Å²) >= 11 is 0. The van der Waals surface area contributed by atoms with Crippen LogP contribution in [0.5, 0.6) is 0 Å². The molecule has 0 saturated carbocycles. The maximum Gasteiger partial charge on any atom is 0.472 e. The number of ether oxygens (including phenoxy) is 2. The molecule has 0 amide bonds. The number of aliphatic hydroxyl groups excluding tert-OH is 2. The molecular weight excluding hydrogens is 735 g/mol. The van der Waals surface area contributed by atoms with E-state index in [0.29, 0.717) is 25.7 Å². The summed E-state index contributed by atoms with van der Waals surface area (Å²) < 4.78 is 32.5. The van der Waals surface area contributed by atoms with E-state index in [9.17, 15) is 28.9 Å². The van der Waals surface area contributed by atoms with Crippen LogP contribution < -0.4 is 0 Å². The van der Waals surface area contributed by atoms with Gasteiger partial charge < -0.3 is 24.6 Å². The monoisotopic (exact) mass is 806 g/mol. The maximum atomic E-state index is 12.6. The zero-order chi connectivity index (χ0) is 41.4. The molecular formula is C44H71O11P. The first-order chi connectivity index (χ1) is 27.1. The molecule has 0 radical (unpaired) electrons. The molecule has 12 heteroatoms. The third-order valence-electron chi connectivity index (χ3n) is 8.01. The maximum absolute atomic E-state index is 12.6. The zero-order valence-corrected chi connectivity index (χ0v) is 35.0. The van der Waals surface area contributed by atoms with Crippen molar-refractivity contribution in [2.45, 2.75) is 148 Å². The minimum absolute atomic E-state index is 0.131. The molecule has 0 spiro atoms. The van der Waals surface area contributed by atoms with E-state index in [2.05, 4.69) is 54.8 Å². The van der Waals surface area contributed by atoms with Crippen LogP contribution in [-0.2, 0) is 37.5 Å². The van der Waals surface area contributed by atoms with Crippen LogP contribution in [-0.4, -0.2) is 71.5 Å². The number of aliphatic hydroxyl groups is 2. The van der Waals surface area contributed by atoms with Crippen molar-refractivity contribution >= 4 is 25.5 Å². The molecule has 3 N–H and O–H groups in total. The second-order valence-corrected chi connectivity index (χ2v) is 14.8. The summed E-state index contributed by atoms with van der Waals surface area (Å²) in [5.74, 6) is -0.898. The summed E-state index contributed by atoms with van der Waals surface area (Å²) in [7, 11) is -4.65. The number of phosphoric acid groups is 1. The van der Waals surface area contributed by atoms with Crippen molar-refractivity contribution in [3.05, 3.63) is 85.1 Å². The Balaban J connectivity index is 4.51. The smallest absolute Gasteiger partial charge is 0.462 e. The van der Waals surface area contributed by atoms with Crippen molar-refractivity contribution in [2.75, 3.05) is 26.4 Å². The van der Waals surface area contributed by atoms with Crippen LogP contribution in [0.1, 0.15) is 136 Å². The van der Waals surface area contributed by atoms with Crippen LogP contribution >= 0.6 is 7.82 Å². The van der Waals surface area contributed by atoms with Crippen LogP contribution in [0.15, 0.2) is 85.1 Å². The summed E-state index contributed by atoms with van der Waals surface area (Å²) in [6, 6.07) is 0. The van der Waals surface area contributed by atoms with Gasteiger partial charge in [-0.05, 0) is 76.7 Å². The Morgan fingerprint density at radius 1 is 0.607 bits per heavy atom. The quantitative estimate of drug-likeness (QED) is 0.0137. The van der Waals surface area contributed by atoms with Gasteiger partial charge in [-0.2, -0.15) is 0 Å². The minimum atomic E-state index is -4.65. The highest BCUT2D eigenvalue weighted by atomic mass is 31.2. The van der Waals surface area contributed by atoms with E-state index >= 15 is 0 Å². The number of phosphoric ester groups is 1. The average Bonchev–Trinajstić information content (AvgIpc) is 3.18. The van der Waals surface area contributed by atoms with Crippen molar-refractivity contribution < 1.29 is 52.6 Å². The molecule has 0 aliphatic carbocycles. The molecule has 1 unspecified atom stereocenters. The Labute approximate surface area is 336 Å². The van der Waals surface area contributed by atoms with E-state index < -0.39 is 51.8 Å². The number of hydrogen-bond acceptors (Lipinski definition) is 10. The van der Waals surface area contributed by atoms with Gasteiger partial charge in [0.15, 0.2) is 11.9 Å². The number of ketones is 1. The SMILES string of the molecule is CC/C=C\C/C=C\C/C=C\CCCCCCCC(=O)O[C@H](COC(=O)CCC/C=C\C/C=C\C/C=C\C=C\C(=O)CCCCC)COP(=O)(O)OC[C@@H](O)CO. The molecule has 318 valence electrons. The van der Waals surface area contributed by atoms with Crippen LogP contribution in [0.2, 0.25) is 0 Å². The van der Waals surface area contributed by atoms with Gasteiger partial charge in [-0.1, -0.05) is 125 Å². The second-order valence-electron chi connectivity index (χ2n) is 13.3. The minimum Gasteiger partial charge on any atom is -0.462 e. The summed E-state index contributed by atoms with van der Waals surface area (Å²) in [5.41, 5.74) is 0. The lowest BCUT2D eigenvalue weighted by atomic mass is 10.1. The molecule has 0 fully saturated rings. The van der Waals surface area contributed by atoms with Crippen molar-refractivity contribution in [2.24, 2.45) is 0 Å². The van der Waals surface area contributed by atoms with Gasteiger partial charge >= 0.3 is 19.8 Å². The van der Waals surface area contributed by atoms with E-state index in [-0.39, 0.29) is 25.2 Å². The van der Waals surface area contributed by atoms with Crippen LogP contribution in [0, 0.1) is 0 Å². The van der Waals surface area contributed by atoms with Gasteiger partial charge in [0.05, 0.1) is 19.8 Å². The van der Waals surface area contributed by atoms with Gasteiger partial charge in [-0.15, -0.1) is 0 Å². The number of esters is 2. The standard InChI is InChI=1S/C44H71O11P/c1-3-5-7-8-9-10-11-12-13-14-17-21-24-27-31-35-44(49)55-42(39-54-56(50,51)53-37-41(47)36-45)38-52-43(48)34-30-26-23-20-18-15-16-19-22-25-29-33-40(46)32-28-6-4-2/h5,7,9-10,12-13,15-16,20,22-23,25,29,33,41-42,45,47H,3-4,6,8,11,14,17-19,21,24,26-28,30-32,34-39H2,1-2H3,(H,50,51)/b7-5-,10-9-,13-12-,16-15-,23-20-,25-22-,33-29+/t41-,42+/m0/s1. The van der Waals surface area contributed by atoms with E-state index in [1.54, 1.807) is 12.2 Å². The summed E-state index contributed by atoms with van der Waals surface area (Å²) in [6.45, 7) is 1.97. The van der Waals surface area contributed by atoms with Crippen molar-refractivity contribution in [3.8, 4) is 0 Å². The fourth-order valence-electron chi connectivity index (χ4n) is 4.84. The van der Waals surface area contributed by atoms with E-state index in [1.807, 2.05) is 36.5 Å². The Bertz CT molecular complexity index is 1270. The van der Waals surface area contributed by atoms with Gasteiger partial charge in [0.25, 0.3) is 0 Å². The molecule has 0 aromatic rings. The Kier molecular flexibility index (Phi) is 36.5. The van der Waals surface area contributed by atoms with Crippen molar-refractivity contribution in [1.82, 2.24) is 0 Å². The van der Waals surface area contributed by atoms with Crippen molar-refractivity contribution in [3.63, 3.8) is 0 Å². The molecule has 0 saturated heterocycles. The summed E-state index contributed by atoms with van der Waals surface area (Å²) in [4.78, 5) is 46.6. The fourth-order valence-corrected chi connectivity index (χ4v) is 5.63. The van der Waals surface area contributed by atoms with Gasteiger partial charge in [-0.25, -0.2) is 4.57 Å². The fraction of sp³-hybridized carbons (Fsp3) is 0.614. The number of carbonyl (C=O) groups excluding carboxylic acids is 3. The molecule has 56 heavy (non-hydrogen) atoms. The highest BCUT2D eigenvalue weighted by molar-refractivity contribution is 7.47. The Hall–Kier alpha value is -3.18. The molecule has 11 nitrogen and oxygen atoms in total. The first-order valence-electron chi connectivity index (χ1n) is 20.5. The molecule has 0 aromatic heterocycles. The molecule has 0 aliphatic heterocycles. The van der Waals surface area contributed by atoms with E-state index in [0.717, 1.165) is 83.5 Å². The molecule has 0 bridgehead atoms. The molecule has 3 atom stereocenters. The molecule has 0 aromatic carbocycles. The number of hydrogen-bond donors (Lipinski definition) is 3. The van der Waals surface area contributed by atoms with Crippen LogP contribution in [0.4, 0.5) is 0 Å². The van der Waals surface area contributed by atoms with Crippen LogP contribution in [0.25, 0.3) is 0 Å². The second kappa shape index (κ2) is 38.7. The lowest BCUT2D eigenvalue weighted by Gasteiger charge is -2.20. The molecule has 0 aliphatic rings. The number of rotatable bonds is 37. The van der Waals surface area contributed by atoms with E-state index in [4.69, 9.17) is 19.1 Å². The third kappa shape index (κ3) is 37.7. The highest BCUT2D eigenvalue weighted by Crippen LogP contribution is 2.43. The highest BCUT2D eigenvalue weighted by Gasteiger charge is 2.27. The zero-order valence-electron chi connectivity index (χ0n) is 34.1. The summed E-state index contributed by atoms with van der Waals surface area (Å²) in [6.07, 6.45) is 41.1. The largest absolute Gasteiger partial charge is 0.472 e. The first-order valence-corrected chi connectivity index (χ1v) is 22.0. The predicted molar refractivity (Wildman–Crippen MR) is 224 cm³/mol. The predicted octanol–water partition coefficient (Wildman–Crippen LogP) is 9.84. The number of allylic oxidation sites excluding steroid dienone is 14. The normalized spacial score (nSPS) is 14.7. The lowest BCUT2D eigenvalue weighted by molar-refractivity contribution is -0.161. The average molecular weight is 807 g/mol. The topological polar surface area (TPSA) is 166 Å². The first kappa shape index (κ1) is 52.8. The summed E-state index contributed by atoms with van der Waals surface area (Å²) in [5, 5.41) is 18.3. The number of carbonyl (C=O) groups is 3. The van der Waals surface area contributed by atoms with E-state index in [1.165, 1.54) is 0 Å². The van der Waals surface area contributed by atoms with Gasteiger partial charge in [0.1, 0.15) is 12.7 Å². The van der Waals surface area contributed by atoms with Crippen molar-refractivity contribution in [1.29, 1.82) is 0 Å². The molecule has 0 rings (SSSR count). The van der Waals surface area contributed by atoms with Gasteiger partial charge in [-0.3, -0.25) is 23.4 Å². The molecule has 0 heterocycles. The van der Waals surface area contributed by atoms with Crippen LogP contribution in [0.3, 0.4) is 0 Å². The van der Waals surface area contributed by atoms with Gasteiger partial charge in [0, 0.05) is 19.3 Å². The number of unbranched alkanes of at least 4 members (excludes halogenated alkanes) is 8. The Morgan fingerprint density at radius 2 is 1.16 bits per heavy atom. The Morgan fingerprint density at radius 3 is 1.82 bits per heavy atom. The lowest BCUT2D eigenvalue weighted by Crippen LogP contribution is -2.29.